The number of ether oxygens (including phenoxy) is 1. The number of nitrogens with zero attached hydrogens (tertiary/aromatic N) is 2. The third-order valence-electron chi connectivity index (χ3n) is 4.01. The zero-order chi connectivity index (χ0) is 14.8. The number of hydrogen-bond donors (Lipinski definition) is 1. The molecule has 1 N–H and O–H groups in total. The minimum absolute atomic E-state index is 0.166. The number of fused-ring (bicyclic) bond motifs is 2. The molecule has 2 saturated heterocycles. The fourth-order valence-corrected chi connectivity index (χ4v) is 3.29. The van der Waals surface area contributed by atoms with Gasteiger partial charge in [0.15, 0.2) is 0 Å². The number of nitriles is 1. The van der Waals surface area contributed by atoms with Crippen molar-refractivity contribution in [3.63, 3.8) is 0 Å². The van der Waals surface area contributed by atoms with Gasteiger partial charge in [0.2, 0.25) is 0 Å². The Morgan fingerprint density at radius 3 is 2.45 bits per heavy atom. The maximum absolute atomic E-state index is 12.3. The lowest BCUT2D eigenvalue weighted by Crippen LogP contribution is -2.52. The zero-order valence-electron chi connectivity index (χ0n) is 12.7. The van der Waals surface area contributed by atoms with Crippen molar-refractivity contribution in [2.45, 2.75) is 76.6 Å². The van der Waals surface area contributed by atoms with Crippen LogP contribution in [0.3, 0.4) is 0 Å². The van der Waals surface area contributed by atoms with Gasteiger partial charge in [-0.3, -0.25) is 0 Å². The number of hydrogen-bond acceptors (Lipinski definition) is 4. The molecule has 20 heavy (non-hydrogen) atoms. The number of carbonyl (C=O) groups excluding carboxylic acids is 1. The van der Waals surface area contributed by atoms with Crippen LogP contribution in [0.4, 0.5) is 4.79 Å². The highest BCUT2D eigenvalue weighted by Crippen LogP contribution is 2.36. The molecule has 112 valence electrons. The smallest absolute Gasteiger partial charge is 0.410 e. The van der Waals surface area contributed by atoms with Gasteiger partial charge in [-0.05, 0) is 46.5 Å². The predicted octanol–water partition coefficient (Wildman–Crippen LogP) is 2.42. The van der Waals surface area contributed by atoms with Crippen LogP contribution in [-0.4, -0.2) is 41.3 Å². The molecular weight excluding hydrogens is 254 g/mol. The lowest BCUT2D eigenvalue weighted by atomic mass is 9.97. The number of amides is 1. The van der Waals surface area contributed by atoms with Crippen molar-refractivity contribution in [3.8, 4) is 6.07 Å². The molecule has 0 saturated carbocycles. The average Bonchev–Trinajstić information content (AvgIpc) is 2.60. The van der Waals surface area contributed by atoms with E-state index in [1.807, 2.05) is 25.7 Å². The summed E-state index contributed by atoms with van der Waals surface area (Å²) in [5.74, 6) is 0. The van der Waals surface area contributed by atoms with E-state index in [-0.39, 0.29) is 6.09 Å². The van der Waals surface area contributed by atoms with Gasteiger partial charge in [-0.15, -0.1) is 0 Å². The van der Waals surface area contributed by atoms with E-state index in [2.05, 4.69) is 11.4 Å². The molecule has 2 unspecified atom stereocenters. The van der Waals surface area contributed by atoms with Crippen LogP contribution in [0.15, 0.2) is 0 Å². The first-order valence-electron chi connectivity index (χ1n) is 7.52. The second-order valence-electron chi connectivity index (χ2n) is 6.80. The van der Waals surface area contributed by atoms with Gasteiger partial charge in [0.1, 0.15) is 5.60 Å². The monoisotopic (exact) mass is 279 g/mol. The van der Waals surface area contributed by atoms with E-state index in [1.54, 1.807) is 0 Å². The van der Waals surface area contributed by atoms with E-state index in [1.165, 1.54) is 0 Å². The molecule has 2 heterocycles. The van der Waals surface area contributed by atoms with E-state index in [4.69, 9.17) is 10.00 Å². The molecule has 2 aliphatic rings. The van der Waals surface area contributed by atoms with Gasteiger partial charge in [-0.1, -0.05) is 0 Å². The van der Waals surface area contributed by atoms with Crippen LogP contribution in [0, 0.1) is 11.3 Å². The third kappa shape index (κ3) is 3.63. The molecule has 2 rings (SSSR count). The Hall–Kier alpha value is -1.28. The molecule has 2 aliphatic heterocycles. The quantitative estimate of drug-likeness (QED) is 0.806. The highest BCUT2D eigenvalue weighted by atomic mass is 16.6. The van der Waals surface area contributed by atoms with Crippen molar-refractivity contribution >= 4 is 6.09 Å². The summed E-state index contributed by atoms with van der Waals surface area (Å²) in [5, 5.41) is 12.0. The van der Waals surface area contributed by atoms with E-state index >= 15 is 0 Å². The minimum Gasteiger partial charge on any atom is -0.444 e. The highest BCUT2D eigenvalue weighted by molar-refractivity contribution is 5.69. The van der Waals surface area contributed by atoms with Crippen molar-refractivity contribution < 1.29 is 9.53 Å². The lowest BCUT2D eigenvalue weighted by Gasteiger charge is -2.39. The van der Waals surface area contributed by atoms with E-state index < -0.39 is 5.60 Å². The van der Waals surface area contributed by atoms with E-state index in [0.29, 0.717) is 24.5 Å². The van der Waals surface area contributed by atoms with E-state index in [9.17, 15) is 4.79 Å². The first-order chi connectivity index (χ1) is 9.40. The molecule has 0 radical (unpaired) electrons. The van der Waals surface area contributed by atoms with Gasteiger partial charge in [0, 0.05) is 31.1 Å². The van der Waals surface area contributed by atoms with Gasteiger partial charge in [0.25, 0.3) is 0 Å². The summed E-state index contributed by atoms with van der Waals surface area (Å²) >= 11 is 0. The van der Waals surface area contributed by atoms with Gasteiger partial charge in [-0.2, -0.15) is 5.26 Å². The highest BCUT2D eigenvalue weighted by Gasteiger charge is 2.44. The molecule has 0 aliphatic carbocycles. The SMILES string of the molecule is CC(C)(C)OC(=O)N1C2CCC1CC(NCCC#N)C2. The summed E-state index contributed by atoms with van der Waals surface area (Å²) < 4.78 is 5.52. The Kier molecular flexibility index (Phi) is 4.54. The topological polar surface area (TPSA) is 65.4 Å². The van der Waals surface area contributed by atoms with Crippen LogP contribution < -0.4 is 5.32 Å². The zero-order valence-corrected chi connectivity index (χ0v) is 12.7. The van der Waals surface area contributed by atoms with Crippen molar-refractivity contribution in [1.82, 2.24) is 10.2 Å². The molecule has 2 atom stereocenters. The summed E-state index contributed by atoms with van der Waals surface area (Å²) in [6.07, 6.45) is 4.46. The van der Waals surface area contributed by atoms with E-state index in [0.717, 1.165) is 32.2 Å². The summed E-state index contributed by atoms with van der Waals surface area (Å²) in [7, 11) is 0. The Morgan fingerprint density at radius 1 is 1.35 bits per heavy atom. The molecular formula is C15H25N3O2. The Labute approximate surface area is 121 Å². The normalized spacial score (nSPS) is 29.1. The van der Waals surface area contributed by atoms with Gasteiger partial charge in [-0.25, -0.2) is 4.79 Å². The molecule has 2 bridgehead atoms. The average molecular weight is 279 g/mol. The first kappa shape index (κ1) is 15.1. The Morgan fingerprint density at radius 2 is 1.95 bits per heavy atom. The van der Waals surface area contributed by atoms with Crippen LogP contribution in [0.25, 0.3) is 0 Å². The Balaban J connectivity index is 1.90. The summed E-state index contributed by atoms with van der Waals surface area (Å²) in [6, 6.07) is 3.17. The molecule has 0 aromatic carbocycles. The minimum atomic E-state index is -0.432. The maximum Gasteiger partial charge on any atom is 0.410 e. The van der Waals surface area contributed by atoms with Gasteiger partial charge in [0.05, 0.1) is 6.07 Å². The van der Waals surface area contributed by atoms with Crippen LogP contribution in [0.2, 0.25) is 0 Å². The fraction of sp³-hybridized carbons (Fsp3) is 0.867. The molecule has 0 aromatic heterocycles. The predicted molar refractivity (Wildman–Crippen MR) is 76.1 cm³/mol. The number of piperidine rings is 1. The molecule has 5 nitrogen and oxygen atoms in total. The van der Waals surface area contributed by atoms with Crippen LogP contribution in [-0.2, 0) is 4.74 Å². The van der Waals surface area contributed by atoms with Crippen LogP contribution in [0.5, 0.6) is 0 Å². The molecule has 1 amide bonds. The van der Waals surface area contributed by atoms with Crippen molar-refractivity contribution in [2.75, 3.05) is 6.54 Å². The van der Waals surface area contributed by atoms with Crippen LogP contribution in [0.1, 0.15) is 52.9 Å². The molecule has 2 fully saturated rings. The summed E-state index contributed by atoms with van der Waals surface area (Å²) in [5.41, 5.74) is -0.432. The largest absolute Gasteiger partial charge is 0.444 e. The standard InChI is InChI=1S/C15H25N3O2/c1-15(2,3)20-14(19)18-12-5-6-13(18)10-11(9-12)17-8-4-7-16/h11-13,17H,4-6,8-10H2,1-3H3. The third-order valence-corrected chi connectivity index (χ3v) is 4.01. The maximum atomic E-state index is 12.3. The van der Waals surface area contributed by atoms with Crippen molar-refractivity contribution in [2.24, 2.45) is 0 Å². The number of rotatable bonds is 3. The second kappa shape index (κ2) is 6.01. The van der Waals surface area contributed by atoms with Gasteiger partial charge < -0.3 is 15.0 Å². The van der Waals surface area contributed by atoms with Gasteiger partial charge >= 0.3 is 6.09 Å². The van der Waals surface area contributed by atoms with Crippen molar-refractivity contribution in [1.29, 1.82) is 5.26 Å². The molecule has 0 aromatic rings. The number of carbonyl (C=O) groups is 1. The molecule has 0 spiro atoms. The van der Waals surface area contributed by atoms with Crippen LogP contribution >= 0.6 is 0 Å². The number of nitrogens with one attached hydrogen (secondary N) is 1. The molecule has 5 heteroatoms. The second-order valence-corrected chi connectivity index (χ2v) is 6.80. The summed E-state index contributed by atoms with van der Waals surface area (Å²) in [6.45, 7) is 6.46. The Bertz CT molecular complexity index is 383. The summed E-state index contributed by atoms with van der Waals surface area (Å²) in [4.78, 5) is 14.2. The van der Waals surface area contributed by atoms with Crippen molar-refractivity contribution in [3.05, 3.63) is 0 Å². The first-order valence-corrected chi connectivity index (χ1v) is 7.52. The fourth-order valence-electron chi connectivity index (χ4n) is 3.29. The lowest BCUT2D eigenvalue weighted by molar-refractivity contribution is 0.00479.